The number of aromatic nitrogens is 2. The molecule has 0 saturated carbocycles. The van der Waals surface area contributed by atoms with Gasteiger partial charge in [0, 0.05) is 33.5 Å². The lowest BCUT2D eigenvalue weighted by Gasteiger charge is -2.12. The number of fused-ring (bicyclic) bond motifs is 1. The van der Waals surface area contributed by atoms with Gasteiger partial charge >= 0.3 is 5.97 Å². The number of nitrogens with one attached hydrogen (secondary N) is 1. The number of Topliss-reactive ketones (excluding diaryl/α,β-unsaturated/α-hetero) is 1. The van der Waals surface area contributed by atoms with E-state index < -0.39 is 12.1 Å². The monoisotopic (exact) mass is 386 g/mol. The molecule has 0 radical (unpaired) electrons. The minimum Gasteiger partial charge on any atom is -0.454 e. The summed E-state index contributed by atoms with van der Waals surface area (Å²) in [5.41, 5.74) is 4.07. The summed E-state index contributed by atoms with van der Waals surface area (Å²) in [5.74, 6) is 0.917. The smallest absolute Gasteiger partial charge is 0.316 e. The molecule has 6 nitrogen and oxygen atoms in total. The summed E-state index contributed by atoms with van der Waals surface area (Å²) < 4.78 is 10.5. The normalized spacial score (nSPS) is 12.3. The first-order valence-electron chi connectivity index (χ1n) is 8.69. The molecule has 2 aromatic heterocycles. The van der Waals surface area contributed by atoms with E-state index in [4.69, 9.17) is 9.26 Å². The number of carbonyl (C=O) groups excluding carboxylic acids is 2. The molecule has 142 valence electrons. The van der Waals surface area contributed by atoms with Gasteiger partial charge in [0.05, 0.1) is 11.4 Å². The van der Waals surface area contributed by atoms with Gasteiger partial charge in [-0.25, -0.2) is 0 Å². The van der Waals surface area contributed by atoms with Gasteiger partial charge in [-0.3, -0.25) is 9.59 Å². The predicted octanol–water partition coefficient (Wildman–Crippen LogP) is 4.13. The van der Waals surface area contributed by atoms with Gasteiger partial charge in [0.25, 0.3) is 0 Å². The van der Waals surface area contributed by atoms with Gasteiger partial charge in [0.15, 0.2) is 6.10 Å². The van der Waals surface area contributed by atoms with Crippen LogP contribution in [0.5, 0.6) is 0 Å². The van der Waals surface area contributed by atoms with Crippen molar-refractivity contribution in [3.05, 3.63) is 52.5 Å². The Morgan fingerprint density at radius 1 is 1.26 bits per heavy atom. The lowest BCUT2D eigenvalue weighted by molar-refractivity contribution is -0.143. The number of rotatable bonds is 7. The van der Waals surface area contributed by atoms with Gasteiger partial charge < -0.3 is 14.2 Å². The van der Waals surface area contributed by atoms with E-state index in [1.165, 1.54) is 11.8 Å². The average Bonchev–Trinajstić information content (AvgIpc) is 3.13. The Balaban J connectivity index is 1.59. The molecule has 0 unspecified atom stereocenters. The molecule has 2 heterocycles. The average molecular weight is 386 g/mol. The van der Waals surface area contributed by atoms with Crippen LogP contribution < -0.4 is 0 Å². The van der Waals surface area contributed by atoms with Crippen LogP contribution in [0.25, 0.3) is 10.9 Å². The van der Waals surface area contributed by atoms with E-state index in [2.05, 4.69) is 10.1 Å². The van der Waals surface area contributed by atoms with Crippen LogP contribution in [0.2, 0.25) is 0 Å². The number of esters is 1. The number of hydrogen-bond donors (Lipinski definition) is 1. The molecule has 27 heavy (non-hydrogen) atoms. The number of aryl methyl sites for hydroxylation is 3. The fourth-order valence-corrected chi connectivity index (χ4v) is 3.98. The first-order valence-corrected chi connectivity index (χ1v) is 9.84. The highest BCUT2D eigenvalue weighted by molar-refractivity contribution is 7.99. The minimum absolute atomic E-state index is 0.161. The van der Waals surface area contributed by atoms with Crippen LogP contribution >= 0.6 is 11.8 Å². The summed E-state index contributed by atoms with van der Waals surface area (Å²) in [5, 5.41) is 4.74. The number of aromatic amines is 1. The summed E-state index contributed by atoms with van der Waals surface area (Å²) in [6.45, 7) is 7.18. The standard InChI is InChI=1S/C20H22N2O4S/c1-11-16(13(3)26-22-11)9-27-10-18(23)25-14(4)20(24)19-12(2)21-17-8-6-5-7-15(17)19/h5-8,14,21H,9-10H2,1-4H3/t14-/m0/s1. The molecule has 3 rings (SSSR count). The molecule has 1 N–H and O–H groups in total. The molecule has 0 fully saturated rings. The number of ketones is 1. The van der Waals surface area contributed by atoms with Crippen molar-refractivity contribution >= 4 is 34.4 Å². The van der Waals surface area contributed by atoms with Gasteiger partial charge in [-0.15, -0.1) is 11.8 Å². The van der Waals surface area contributed by atoms with Gasteiger partial charge in [-0.1, -0.05) is 23.4 Å². The zero-order valence-corrected chi connectivity index (χ0v) is 16.6. The van der Waals surface area contributed by atoms with Crippen molar-refractivity contribution in [1.82, 2.24) is 10.1 Å². The molecule has 0 amide bonds. The van der Waals surface area contributed by atoms with Crippen LogP contribution in [0, 0.1) is 20.8 Å². The fourth-order valence-electron chi connectivity index (χ4n) is 3.03. The van der Waals surface area contributed by atoms with E-state index in [0.717, 1.165) is 33.6 Å². The second-order valence-corrected chi connectivity index (χ2v) is 7.45. The zero-order valence-electron chi connectivity index (χ0n) is 15.8. The SMILES string of the molecule is Cc1noc(C)c1CSCC(=O)O[C@@H](C)C(=O)c1c(C)[nH]c2ccccc12. The third-order valence-corrected chi connectivity index (χ3v) is 5.40. The van der Waals surface area contributed by atoms with Crippen molar-refractivity contribution in [3.63, 3.8) is 0 Å². The summed E-state index contributed by atoms with van der Waals surface area (Å²) >= 11 is 1.41. The van der Waals surface area contributed by atoms with E-state index in [9.17, 15) is 9.59 Å². The van der Waals surface area contributed by atoms with E-state index in [-0.39, 0.29) is 11.5 Å². The first-order chi connectivity index (χ1) is 12.9. The summed E-state index contributed by atoms with van der Waals surface area (Å²) in [6, 6.07) is 7.60. The van der Waals surface area contributed by atoms with Crippen molar-refractivity contribution in [3.8, 4) is 0 Å². The van der Waals surface area contributed by atoms with E-state index >= 15 is 0 Å². The van der Waals surface area contributed by atoms with Crippen LogP contribution in [0.4, 0.5) is 0 Å². The number of hydrogen-bond acceptors (Lipinski definition) is 6. The number of para-hydroxylation sites is 1. The molecule has 0 aliphatic rings. The van der Waals surface area contributed by atoms with E-state index in [0.29, 0.717) is 11.3 Å². The van der Waals surface area contributed by atoms with Gasteiger partial charge in [0.2, 0.25) is 5.78 Å². The van der Waals surface area contributed by atoms with Crippen LogP contribution in [0.3, 0.4) is 0 Å². The molecule has 0 saturated heterocycles. The fraction of sp³-hybridized carbons (Fsp3) is 0.350. The van der Waals surface area contributed by atoms with Gasteiger partial charge in [-0.2, -0.15) is 0 Å². The Hall–Kier alpha value is -2.54. The van der Waals surface area contributed by atoms with Crippen LogP contribution in [-0.4, -0.2) is 33.8 Å². The minimum atomic E-state index is -0.838. The van der Waals surface area contributed by atoms with Crippen molar-refractivity contribution in [1.29, 1.82) is 0 Å². The number of H-pyrrole nitrogens is 1. The molecular weight excluding hydrogens is 364 g/mol. The number of carbonyl (C=O) groups is 2. The number of thioether (sulfide) groups is 1. The maximum Gasteiger partial charge on any atom is 0.316 e. The maximum atomic E-state index is 12.8. The van der Waals surface area contributed by atoms with Crippen molar-refractivity contribution < 1.29 is 18.8 Å². The summed E-state index contributed by atoms with van der Waals surface area (Å²) in [6.07, 6.45) is -0.838. The number of ether oxygens (including phenoxy) is 1. The lowest BCUT2D eigenvalue weighted by Crippen LogP contribution is -2.25. The Bertz CT molecular complexity index is 970. The van der Waals surface area contributed by atoms with E-state index in [1.807, 2.05) is 45.0 Å². The molecule has 0 bridgehead atoms. The Morgan fingerprint density at radius 2 is 2.00 bits per heavy atom. The van der Waals surface area contributed by atoms with Crippen molar-refractivity contribution in [2.75, 3.05) is 5.75 Å². The summed E-state index contributed by atoms with van der Waals surface area (Å²) in [4.78, 5) is 28.1. The van der Waals surface area contributed by atoms with Gasteiger partial charge in [-0.05, 0) is 33.8 Å². The molecule has 1 atom stereocenters. The van der Waals surface area contributed by atoms with Crippen LogP contribution in [-0.2, 0) is 15.3 Å². The van der Waals surface area contributed by atoms with Crippen molar-refractivity contribution in [2.45, 2.75) is 39.6 Å². The maximum absolute atomic E-state index is 12.8. The molecular formula is C20H22N2O4S. The molecule has 7 heteroatoms. The summed E-state index contributed by atoms with van der Waals surface area (Å²) in [7, 11) is 0. The quantitative estimate of drug-likeness (QED) is 0.485. The Kier molecular flexibility index (Phi) is 5.70. The molecule has 0 aliphatic carbocycles. The third-order valence-electron chi connectivity index (χ3n) is 4.46. The topological polar surface area (TPSA) is 85.2 Å². The second-order valence-electron chi connectivity index (χ2n) is 6.46. The second kappa shape index (κ2) is 8.00. The van der Waals surface area contributed by atoms with Crippen LogP contribution in [0.1, 0.15) is 40.0 Å². The molecule has 0 spiro atoms. The Morgan fingerprint density at radius 3 is 2.70 bits per heavy atom. The highest BCUT2D eigenvalue weighted by Gasteiger charge is 2.24. The predicted molar refractivity (Wildman–Crippen MR) is 105 cm³/mol. The first kappa shape index (κ1) is 19.2. The third kappa shape index (κ3) is 4.08. The zero-order chi connectivity index (χ0) is 19.6. The molecule has 1 aromatic carbocycles. The van der Waals surface area contributed by atoms with Crippen LogP contribution in [0.15, 0.2) is 28.8 Å². The number of nitrogens with zero attached hydrogens (tertiary/aromatic N) is 1. The molecule has 0 aliphatic heterocycles. The lowest BCUT2D eigenvalue weighted by atomic mass is 10.0. The largest absolute Gasteiger partial charge is 0.454 e. The molecule has 3 aromatic rings. The van der Waals surface area contributed by atoms with Crippen molar-refractivity contribution in [2.24, 2.45) is 0 Å². The highest BCUT2D eigenvalue weighted by Crippen LogP contribution is 2.24. The number of benzene rings is 1. The highest BCUT2D eigenvalue weighted by atomic mass is 32.2. The Labute approximate surface area is 161 Å². The van der Waals surface area contributed by atoms with E-state index in [1.54, 1.807) is 6.92 Å². The van der Waals surface area contributed by atoms with Gasteiger partial charge in [0.1, 0.15) is 5.76 Å².